The van der Waals surface area contributed by atoms with Crippen LogP contribution in [-0.2, 0) is 12.1 Å². The molecule has 1 aromatic carbocycles. The molecule has 1 saturated carbocycles. The van der Waals surface area contributed by atoms with Crippen LogP contribution in [0.15, 0.2) is 24.3 Å². The minimum Gasteiger partial charge on any atom is -0.454 e. The SMILES string of the molecule is CN(Cc1ccc2c(c1)OCO2)C(=O)c1cc(C2CC2)n(C(C)(C)C)n1. The quantitative estimate of drug-likeness (QED) is 0.842. The number of fused-ring (bicyclic) bond motifs is 1. The number of rotatable bonds is 4. The molecule has 4 rings (SSSR count). The molecule has 0 spiro atoms. The highest BCUT2D eigenvalue weighted by Crippen LogP contribution is 2.42. The molecule has 1 amide bonds. The summed E-state index contributed by atoms with van der Waals surface area (Å²) in [6, 6.07) is 7.74. The maximum absolute atomic E-state index is 12.9. The Morgan fingerprint density at radius 2 is 1.96 bits per heavy atom. The lowest BCUT2D eigenvalue weighted by molar-refractivity contribution is 0.0777. The van der Waals surface area contributed by atoms with Gasteiger partial charge in [0.1, 0.15) is 0 Å². The van der Waals surface area contributed by atoms with Gasteiger partial charge in [-0.15, -0.1) is 0 Å². The zero-order valence-corrected chi connectivity index (χ0v) is 15.8. The van der Waals surface area contributed by atoms with Crippen molar-refractivity contribution in [2.75, 3.05) is 13.8 Å². The molecule has 0 unspecified atom stereocenters. The van der Waals surface area contributed by atoms with Gasteiger partial charge in [-0.25, -0.2) is 0 Å². The second-order valence-electron chi connectivity index (χ2n) is 8.16. The third kappa shape index (κ3) is 3.16. The summed E-state index contributed by atoms with van der Waals surface area (Å²) in [6.07, 6.45) is 2.37. The van der Waals surface area contributed by atoms with Crippen molar-refractivity contribution in [3.8, 4) is 11.5 Å². The molecule has 0 bridgehead atoms. The minimum atomic E-state index is -0.133. The largest absolute Gasteiger partial charge is 0.454 e. The standard InChI is InChI=1S/C20H25N3O3/c1-20(2,3)23-16(14-6-7-14)10-15(21-23)19(24)22(4)11-13-5-8-17-18(9-13)26-12-25-17/h5,8-10,14H,6-7,11-12H2,1-4H3. The van der Waals surface area contributed by atoms with Gasteiger partial charge in [-0.2, -0.15) is 5.10 Å². The van der Waals surface area contributed by atoms with Gasteiger partial charge < -0.3 is 14.4 Å². The minimum absolute atomic E-state index is 0.0624. The van der Waals surface area contributed by atoms with Crippen molar-refractivity contribution in [2.24, 2.45) is 0 Å². The van der Waals surface area contributed by atoms with Crippen molar-refractivity contribution in [1.82, 2.24) is 14.7 Å². The number of carbonyl (C=O) groups excluding carboxylic acids is 1. The van der Waals surface area contributed by atoms with Crippen molar-refractivity contribution >= 4 is 5.91 Å². The van der Waals surface area contributed by atoms with E-state index in [9.17, 15) is 4.79 Å². The zero-order valence-electron chi connectivity index (χ0n) is 15.8. The Balaban J connectivity index is 1.53. The molecule has 0 atom stereocenters. The molecule has 0 saturated heterocycles. The highest BCUT2D eigenvalue weighted by molar-refractivity contribution is 5.92. The lowest BCUT2D eigenvalue weighted by Crippen LogP contribution is -2.28. The van der Waals surface area contributed by atoms with Crippen molar-refractivity contribution in [1.29, 1.82) is 0 Å². The summed E-state index contributed by atoms with van der Waals surface area (Å²) in [6.45, 7) is 7.11. The van der Waals surface area contributed by atoms with Crippen LogP contribution in [0.1, 0.15) is 61.3 Å². The first-order valence-corrected chi connectivity index (χ1v) is 9.07. The average Bonchev–Trinajstić information content (AvgIpc) is 3.15. The number of hydrogen-bond donors (Lipinski definition) is 0. The molecule has 0 radical (unpaired) electrons. The van der Waals surface area contributed by atoms with E-state index in [0.717, 1.165) is 17.1 Å². The molecule has 138 valence electrons. The first-order valence-electron chi connectivity index (χ1n) is 9.07. The molecule has 6 heteroatoms. The zero-order chi connectivity index (χ0) is 18.5. The Kier molecular flexibility index (Phi) is 3.93. The highest BCUT2D eigenvalue weighted by atomic mass is 16.7. The van der Waals surface area contributed by atoms with Crippen LogP contribution in [0.3, 0.4) is 0 Å². The van der Waals surface area contributed by atoms with Crippen LogP contribution in [0.2, 0.25) is 0 Å². The van der Waals surface area contributed by atoms with Crippen LogP contribution < -0.4 is 9.47 Å². The number of ether oxygens (including phenoxy) is 2. The number of benzene rings is 1. The number of aromatic nitrogens is 2. The van der Waals surface area contributed by atoms with Crippen LogP contribution in [0, 0.1) is 0 Å². The molecule has 2 heterocycles. The summed E-state index contributed by atoms with van der Waals surface area (Å²) in [7, 11) is 1.81. The van der Waals surface area contributed by atoms with Gasteiger partial charge in [0.05, 0.1) is 5.54 Å². The Morgan fingerprint density at radius 1 is 1.23 bits per heavy atom. The summed E-state index contributed by atoms with van der Waals surface area (Å²) in [4.78, 5) is 14.6. The molecule has 2 aliphatic rings. The van der Waals surface area contributed by atoms with Gasteiger partial charge in [-0.1, -0.05) is 6.07 Å². The monoisotopic (exact) mass is 355 g/mol. The van der Waals surface area contributed by atoms with Crippen molar-refractivity contribution < 1.29 is 14.3 Å². The van der Waals surface area contributed by atoms with E-state index in [-0.39, 0.29) is 18.2 Å². The van der Waals surface area contributed by atoms with Crippen molar-refractivity contribution in [2.45, 2.75) is 51.6 Å². The number of carbonyl (C=O) groups is 1. The maximum Gasteiger partial charge on any atom is 0.274 e. The van der Waals surface area contributed by atoms with Gasteiger partial charge >= 0.3 is 0 Å². The third-order valence-electron chi connectivity index (χ3n) is 4.79. The first kappa shape index (κ1) is 16.9. The molecule has 0 N–H and O–H groups in total. The summed E-state index contributed by atoms with van der Waals surface area (Å²) in [5.74, 6) is 1.96. The Labute approximate surface area is 153 Å². The predicted molar refractivity (Wildman–Crippen MR) is 97.6 cm³/mol. The van der Waals surface area contributed by atoms with Gasteiger partial charge in [0.2, 0.25) is 6.79 Å². The molecular weight excluding hydrogens is 330 g/mol. The summed E-state index contributed by atoms with van der Waals surface area (Å²) in [5.41, 5.74) is 2.57. The summed E-state index contributed by atoms with van der Waals surface area (Å²) >= 11 is 0. The molecule has 26 heavy (non-hydrogen) atoms. The lowest BCUT2D eigenvalue weighted by Gasteiger charge is -2.22. The molecule has 1 aliphatic carbocycles. The van der Waals surface area contributed by atoms with Crippen LogP contribution in [0.25, 0.3) is 0 Å². The molecule has 1 fully saturated rings. The number of hydrogen-bond acceptors (Lipinski definition) is 4. The van der Waals surface area contributed by atoms with Gasteiger partial charge in [-0.05, 0) is 57.4 Å². The fourth-order valence-electron chi connectivity index (χ4n) is 3.29. The van der Waals surface area contributed by atoms with E-state index in [1.54, 1.807) is 11.9 Å². The fraction of sp³-hybridized carbons (Fsp3) is 0.500. The Morgan fingerprint density at radius 3 is 2.65 bits per heavy atom. The average molecular weight is 355 g/mol. The van der Waals surface area contributed by atoms with E-state index >= 15 is 0 Å². The topological polar surface area (TPSA) is 56.6 Å². The van der Waals surface area contributed by atoms with E-state index in [2.05, 4.69) is 25.9 Å². The van der Waals surface area contributed by atoms with Crippen LogP contribution in [0.5, 0.6) is 11.5 Å². The van der Waals surface area contributed by atoms with E-state index < -0.39 is 0 Å². The van der Waals surface area contributed by atoms with Gasteiger partial charge in [0.25, 0.3) is 5.91 Å². The van der Waals surface area contributed by atoms with Crippen molar-refractivity contribution in [3.05, 3.63) is 41.2 Å². The van der Waals surface area contributed by atoms with E-state index in [1.165, 1.54) is 18.5 Å². The van der Waals surface area contributed by atoms with Gasteiger partial charge in [-0.3, -0.25) is 9.48 Å². The molecule has 6 nitrogen and oxygen atoms in total. The summed E-state index contributed by atoms with van der Waals surface area (Å²) < 4.78 is 12.8. The second kappa shape index (κ2) is 6.04. The highest BCUT2D eigenvalue weighted by Gasteiger charge is 2.33. The summed E-state index contributed by atoms with van der Waals surface area (Å²) in [5, 5.41) is 4.64. The fourth-order valence-corrected chi connectivity index (χ4v) is 3.29. The third-order valence-corrected chi connectivity index (χ3v) is 4.79. The molecule has 1 aromatic heterocycles. The van der Waals surface area contributed by atoms with Crippen LogP contribution in [-0.4, -0.2) is 34.4 Å². The predicted octanol–water partition coefficient (Wildman–Crippen LogP) is 3.52. The number of amides is 1. The molecular formula is C20H25N3O3. The number of nitrogens with zero attached hydrogens (tertiary/aromatic N) is 3. The van der Waals surface area contributed by atoms with Gasteiger partial charge in [0, 0.05) is 25.2 Å². The normalized spacial score (nSPS) is 16.0. The molecule has 2 aromatic rings. The Hall–Kier alpha value is -2.50. The van der Waals surface area contributed by atoms with E-state index in [4.69, 9.17) is 9.47 Å². The smallest absolute Gasteiger partial charge is 0.274 e. The molecule has 1 aliphatic heterocycles. The van der Waals surface area contributed by atoms with Gasteiger partial charge in [0.15, 0.2) is 17.2 Å². The van der Waals surface area contributed by atoms with E-state index in [1.807, 2.05) is 28.9 Å². The second-order valence-corrected chi connectivity index (χ2v) is 8.16. The first-order chi connectivity index (χ1) is 12.3. The van der Waals surface area contributed by atoms with E-state index in [0.29, 0.717) is 18.2 Å². The van der Waals surface area contributed by atoms with Crippen LogP contribution in [0.4, 0.5) is 0 Å². The van der Waals surface area contributed by atoms with Crippen molar-refractivity contribution in [3.63, 3.8) is 0 Å². The lowest BCUT2D eigenvalue weighted by atomic mass is 10.1. The van der Waals surface area contributed by atoms with Crippen LogP contribution >= 0.6 is 0 Å². The Bertz CT molecular complexity index is 846. The maximum atomic E-state index is 12.9.